The Morgan fingerprint density at radius 3 is 2.27 bits per heavy atom. The molecule has 11 heavy (non-hydrogen) atoms. The quantitative estimate of drug-likeness (QED) is 0.631. The highest BCUT2D eigenvalue weighted by Gasteiger charge is 2.07. The van der Waals surface area contributed by atoms with Crippen LogP contribution in [0.1, 0.15) is 13.3 Å². The molecule has 3 heteroatoms. The van der Waals surface area contributed by atoms with Gasteiger partial charge in [-0.1, -0.05) is 6.92 Å². The molecular formula is C8H20N2O. The number of rotatable bonds is 2. The molecule has 1 fully saturated rings. The van der Waals surface area contributed by atoms with Gasteiger partial charge >= 0.3 is 0 Å². The summed E-state index contributed by atoms with van der Waals surface area (Å²) in [6, 6.07) is 0. The number of morpholine rings is 1. The van der Waals surface area contributed by atoms with Gasteiger partial charge in [-0.2, -0.15) is 0 Å². The second-order valence-corrected chi connectivity index (χ2v) is 2.45. The van der Waals surface area contributed by atoms with Gasteiger partial charge in [0, 0.05) is 13.1 Å². The Balaban J connectivity index is 0.000000461. The van der Waals surface area contributed by atoms with Crippen LogP contribution in [0.4, 0.5) is 0 Å². The fourth-order valence-corrected chi connectivity index (χ4v) is 1.14. The lowest BCUT2D eigenvalue weighted by Crippen LogP contribution is -2.36. The van der Waals surface area contributed by atoms with Crippen molar-refractivity contribution >= 4 is 0 Å². The van der Waals surface area contributed by atoms with Gasteiger partial charge in [0.25, 0.3) is 0 Å². The molecule has 1 aliphatic heterocycles. The van der Waals surface area contributed by atoms with Crippen LogP contribution in [0.25, 0.3) is 0 Å². The lowest BCUT2D eigenvalue weighted by Gasteiger charge is -2.25. The molecular weight excluding hydrogens is 140 g/mol. The normalized spacial score (nSPS) is 18.8. The topological polar surface area (TPSA) is 38.5 Å². The Morgan fingerprint density at radius 1 is 1.27 bits per heavy atom. The van der Waals surface area contributed by atoms with Crippen LogP contribution in [0.15, 0.2) is 0 Å². The van der Waals surface area contributed by atoms with Crippen molar-refractivity contribution < 1.29 is 4.74 Å². The summed E-state index contributed by atoms with van der Waals surface area (Å²) in [6.07, 6.45) is 1.26. The molecule has 0 bridgehead atoms. The highest BCUT2D eigenvalue weighted by Crippen LogP contribution is 1.96. The molecule has 0 spiro atoms. The van der Waals surface area contributed by atoms with Gasteiger partial charge in [-0.25, -0.2) is 0 Å². The lowest BCUT2D eigenvalue weighted by atomic mass is 10.4. The summed E-state index contributed by atoms with van der Waals surface area (Å²) in [5.41, 5.74) is 4.50. The molecule has 0 aromatic carbocycles. The first-order chi connectivity index (χ1) is 5.43. The third-order valence-corrected chi connectivity index (χ3v) is 1.64. The van der Waals surface area contributed by atoms with Crippen LogP contribution < -0.4 is 5.73 Å². The molecule has 0 unspecified atom stereocenters. The second kappa shape index (κ2) is 7.98. The van der Waals surface area contributed by atoms with Gasteiger partial charge in [0.05, 0.1) is 13.2 Å². The van der Waals surface area contributed by atoms with Crippen LogP contribution in [-0.2, 0) is 4.74 Å². The summed E-state index contributed by atoms with van der Waals surface area (Å²) in [5, 5.41) is 0. The second-order valence-electron chi connectivity index (χ2n) is 2.45. The van der Waals surface area contributed by atoms with E-state index in [-0.39, 0.29) is 0 Å². The molecule has 1 heterocycles. The molecule has 0 saturated carbocycles. The highest BCUT2D eigenvalue weighted by molar-refractivity contribution is 4.59. The van der Waals surface area contributed by atoms with Crippen molar-refractivity contribution in [2.24, 2.45) is 5.73 Å². The van der Waals surface area contributed by atoms with E-state index in [0.29, 0.717) is 0 Å². The predicted molar refractivity (Wildman–Crippen MR) is 47.7 cm³/mol. The van der Waals surface area contributed by atoms with Crippen LogP contribution >= 0.6 is 0 Å². The van der Waals surface area contributed by atoms with Crippen LogP contribution in [-0.4, -0.2) is 44.8 Å². The Morgan fingerprint density at radius 2 is 1.82 bits per heavy atom. The Hall–Kier alpha value is -0.120. The van der Waals surface area contributed by atoms with Crippen molar-refractivity contribution in [3.8, 4) is 0 Å². The molecule has 0 aromatic rings. The number of nitrogens with two attached hydrogens (primary N) is 1. The Bertz CT molecular complexity index is 69.7. The summed E-state index contributed by atoms with van der Waals surface area (Å²) in [6.45, 7) is 7.58. The molecule has 1 aliphatic rings. The molecule has 1 rings (SSSR count). The highest BCUT2D eigenvalue weighted by atomic mass is 16.5. The van der Waals surface area contributed by atoms with E-state index in [1.807, 2.05) is 0 Å². The minimum Gasteiger partial charge on any atom is -0.379 e. The van der Waals surface area contributed by atoms with Gasteiger partial charge in [0.1, 0.15) is 0 Å². The predicted octanol–water partition coefficient (Wildman–Crippen LogP) is 0.304. The maximum atomic E-state index is 5.20. The van der Waals surface area contributed by atoms with Crippen molar-refractivity contribution in [3.63, 3.8) is 0 Å². The van der Waals surface area contributed by atoms with Gasteiger partial charge < -0.3 is 10.5 Å². The fraction of sp³-hybridized carbons (Fsp3) is 1.00. The third kappa shape index (κ3) is 5.18. The van der Waals surface area contributed by atoms with E-state index >= 15 is 0 Å². The summed E-state index contributed by atoms with van der Waals surface area (Å²) < 4.78 is 5.20. The zero-order valence-electron chi connectivity index (χ0n) is 7.68. The van der Waals surface area contributed by atoms with Crippen molar-refractivity contribution in [1.29, 1.82) is 0 Å². The monoisotopic (exact) mass is 160 g/mol. The minimum atomic E-state index is 0.931. The van der Waals surface area contributed by atoms with Gasteiger partial charge in [-0.3, -0.25) is 4.90 Å². The number of hydrogen-bond acceptors (Lipinski definition) is 3. The molecule has 68 valence electrons. The average Bonchev–Trinajstić information content (AvgIpc) is 2.11. The molecule has 0 aromatic heterocycles. The first-order valence-electron chi connectivity index (χ1n) is 4.31. The van der Waals surface area contributed by atoms with Gasteiger partial charge in [0.2, 0.25) is 0 Å². The van der Waals surface area contributed by atoms with Crippen LogP contribution in [0, 0.1) is 0 Å². The van der Waals surface area contributed by atoms with Crippen LogP contribution in [0.5, 0.6) is 0 Å². The van der Waals surface area contributed by atoms with Crippen molar-refractivity contribution in [1.82, 2.24) is 4.90 Å². The van der Waals surface area contributed by atoms with Crippen molar-refractivity contribution in [2.75, 3.05) is 39.9 Å². The van der Waals surface area contributed by atoms with E-state index in [1.165, 1.54) is 20.0 Å². The average molecular weight is 160 g/mol. The van der Waals surface area contributed by atoms with Crippen molar-refractivity contribution in [3.05, 3.63) is 0 Å². The van der Waals surface area contributed by atoms with Gasteiger partial charge in [0.15, 0.2) is 0 Å². The minimum absolute atomic E-state index is 0.931. The molecule has 0 atom stereocenters. The molecule has 0 amide bonds. The lowest BCUT2D eigenvalue weighted by molar-refractivity contribution is 0.0380. The molecule has 0 radical (unpaired) electrons. The van der Waals surface area contributed by atoms with E-state index in [2.05, 4.69) is 17.6 Å². The standard InChI is InChI=1S/C7H15NO.CH5N/c1-2-3-8-4-6-9-7-5-8;1-2/h2-7H2,1H3;2H2,1H3. The molecule has 3 nitrogen and oxygen atoms in total. The Kier molecular flexibility index (Phi) is 7.89. The number of ether oxygens (including phenoxy) is 1. The fourth-order valence-electron chi connectivity index (χ4n) is 1.14. The molecule has 1 saturated heterocycles. The van der Waals surface area contributed by atoms with E-state index in [9.17, 15) is 0 Å². The van der Waals surface area contributed by atoms with Gasteiger partial charge in [-0.05, 0) is 20.0 Å². The largest absolute Gasteiger partial charge is 0.379 e. The first kappa shape index (κ1) is 10.9. The zero-order valence-corrected chi connectivity index (χ0v) is 7.68. The number of hydrogen-bond donors (Lipinski definition) is 1. The molecule has 2 N–H and O–H groups in total. The van der Waals surface area contributed by atoms with Crippen LogP contribution in [0.3, 0.4) is 0 Å². The van der Waals surface area contributed by atoms with Crippen molar-refractivity contribution in [2.45, 2.75) is 13.3 Å². The smallest absolute Gasteiger partial charge is 0.0594 e. The maximum Gasteiger partial charge on any atom is 0.0594 e. The SMILES string of the molecule is CCCN1CCOCC1.CN. The van der Waals surface area contributed by atoms with E-state index in [0.717, 1.165) is 26.3 Å². The Labute approximate surface area is 69.5 Å². The van der Waals surface area contributed by atoms with E-state index in [1.54, 1.807) is 0 Å². The molecule has 0 aliphatic carbocycles. The third-order valence-electron chi connectivity index (χ3n) is 1.64. The summed E-state index contributed by atoms with van der Waals surface area (Å²) in [7, 11) is 1.50. The van der Waals surface area contributed by atoms with Crippen LogP contribution in [0.2, 0.25) is 0 Å². The van der Waals surface area contributed by atoms with E-state index < -0.39 is 0 Å². The summed E-state index contributed by atoms with van der Waals surface area (Å²) in [5.74, 6) is 0. The summed E-state index contributed by atoms with van der Waals surface area (Å²) >= 11 is 0. The van der Waals surface area contributed by atoms with Gasteiger partial charge in [-0.15, -0.1) is 0 Å². The maximum absolute atomic E-state index is 5.20. The summed E-state index contributed by atoms with van der Waals surface area (Å²) in [4.78, 5) is 2.45. The van der Waals surface area contributed by atoms with E-state index in [4.69, 9.17) is 4.74 Å². The zero-order chi connectivity index (χ0) is 8.53. The number of nitrogens with zero attached hydrogens (tertiary/aromatic N) is 1. The first-order valence-corrected chi connectivity index (χ1v) is 4.31.